The molecule has 4 nitrogen and oxygen atoms in total. The van der Waals surface area contributed by atoms with Gasteiger partial charge in [-0.2, -0.15) is 0 Å². The van der Waals surface area contributed by atoms with E-state index in [1.807, 2.05) is 26.0 Å². The van der Waals surface area contributed by atoms with Crippen LogP contribution >= 0.6 is 0 Å². The second-order valence-corrected chi connectivity index (χ2v) is 5.32. The lowest BCUT2D eigenvalue weighted by atomic mass is 10.0. The van der Waals surface area contributed by atoms with Crippen LogP contribution in [-0.4, -0.2) is 36.9 Å². The van der Waals surface area contributed by atoms with E-state index in [4.69, 9.17) is 9.84 Å². The number of nitrogens with one attached hydrogen (secondary N) is 1. The van der Waals surface area contributed by atoms with Gasteiger partial charge in [0, 0.05) is 30.2 Å². The quantitative estimate of drug-likeness (QED) is 0.828. The number of aryl methyl sites for hydroxylation is 1. The normalized spacial score (nSPS) is 20.7. The molecule has 2 N–H and O–H groups in total. The molecular weight excluding hydrogens is 266 g/mol. The highest BCUT2D eigenvalue weighted by Crippen LogP contribution is 2.19. The Morgan fingerprint density at radius 3 is 3.00 bits per heavy atom. The largest absolute Gasteiger partial charge is 0.384 e. The highest BCUT2D eigenvalue weighted by atomic mass is 16.5. The van der Waals surface area contributed by atoms with Crippen molar-refractivity contribution in [1.29, 1.82) is 0 Å². The van der Waals surface area contributed by atoms with Crippen LogP contribution in [0.3, 0.4) is 0 Å². The van der Waals surface area contributed by atoms with Gasteiger partial charge in [0.05, 0.1) is 6.10 Å². The molecular formula is C17H21NO3. The topological polar surface area (TPSA) is 58.6 Å². The second-order valence-electron chi connectivity index (χ2n) is 5.32. The zero-order valence-corrected chi connectivity index (χ0v) is 12.5. The number of benzene rings is 1. The fourth-order valence-electron chi connectivity index (χ4n) is 2.45. The molecule has 4 heteroatoms. The van der Waals surface area contributed by atoms with E-state index in [0.29, 0.717) is 18.0 Å². The molecule has 0 saturated carbocycles. The number of amides is 1. The van der Waals surface area contributed by atoms with Crippen LogP contribution < -0.4 is 5.32 Å². The van der Waals surface area contributed by atoms with Gasteiger partial charge in [0.15, 0.2) is 0 Å². The summed E-state index contributed by atoms with van der Waals surface area (Å²) in [4.78, 5) is 12.3. The molecule has 0 aromatic heterocycles. The van der Waals surface area contributed by atoms with Gasteiger partial charge in [-0.1, -0.05) is 17.9 Å². The number of carbonyl (C=O) groups excluding carboxylic acids is 1. The summed E-state index contributed by atoms with van der Waals surface area (Å²) in [5, 5.41) is 11.7. The van der Waals surface area contributed by atoms with Crippen molar-refractivity contribution in [3.8, 4) is 11.8 Å². The first-order valence-electron chi connectivity index (χ1n) is 7.22. The number of carbonyl (C=O) groups is 1. The third-order valence-electron chi connectivity index (χ3n) is 3.85. The van der Waals surface area contributed by atoms with Gasteiger partial charge in [-0.25, -0.2) is 0 Å². The fraction of sp³-hybridized carbons (Fsp3) is 0.471. The lowest BCUT2D eigenvalue weighted by Gasteiger charge is -2.15. The maximum absolute atomic E-state index is 12.3. The summed E-state index contributed by atoms with van der Waals surface area (Å²) in [7, 11) is 0. The number of hydrogen-bond acceptors (Lipinski definition) is 3. The number of aliphatic hydroxyl groups is 1. The molecule has 2 rings (SSSR count). The Kier molecular flexibility index (Phi) is 5.38. The molecule has 0 spiro atoms. The summed E-state index contributed by atoms with van der Waals surface area (Å²) in [5.74, 6) is 5.71. The molecule has 1 aliphatic heterocycles. The van der Waals surface area contributed by atoms with Crippen LogP contribution in [0.15, 0.2) is 18.2 Å². The molecule has 21 heavy (non-hydrogen) atoms. The monoisotopic (exact) mass is 287 g/mol. The predicted octanol–water partition coefficient (Wildman–Crippen LogP) is 1.49. The van der Waals surface area contributed by atoms with Gasteiger partial charge in [-0.15, -0.1) is 0 Å². The third kappa shape index (κ3) is 4.07. The number of hydrogen-bond donors (Lipinski definition) is 2. The van der Waals surface area contributed by atoms with Gasteiger partial charge in [0.25, 0.3) is 5.91 Å². The van der Waals surface area contributed by atoms with E-state index in [0.717, 1.165) is 24.2 Å². The van der Waals surface area contributed by atoms with E-state index < -0.39 is 0 Å². The van der Waals surface area contributed by atoms with Gasteiger partial charge in [0.2, 0.25) is 0 Å². The molecule has 1 saturated heterocycles. The Labute approximate surface area is 125 Å². The third-order valence-corrected chi connectivity index (χ3v) is 3.85. The maximum Gasteiger partial charge on any atom is 0.251 e. The highest BCUT2D eigenvalue weighted by Gasteiger charge is 2.24. The first kappa shape index (κ1) is 15.6. The van der Waals surface area contributed by atoms with Crippen molar-refractivity contribution in [2.75, 3.05) is 19.8 Å². The van der Waals surface area contributed by atoms with E-state index in [-0.39, 0.29) is 18.6 Å². The van der Waals surface area contributed by atoms with E-state index in [1.54, 1.807) is 6.07 Å². The molecule has 2 atom stereocenters. The van der Waals surface area contributed by atoms with Gasteiger partial charge < -0.3 is 15.2 Å². The average molecular weight is 287 g/mol. The molecule has 1 aliphatic rings. The number of rotatable bonds is 3. The summed E-state index contributed by atoms with van der Waals surface area (Å²) < 4.78 is 5.50. The smallest absolute Gasteiger partial charge is 0.251 e. The molecule has 1 aromatic carbocycles. The predicted molar refractivity (Wildman–Crippen MR) is 81.0 cm³/mol. The lowest BCUT2D eigenvalue weighted by Crippen LogP contribution is -2.32. The first-order valence-corrected chi connectivity index (χ1v) is 7.22. The molecule has 0 bridgehead atoms. The zero-order chi connectivity index (χ0) is 15.2. The van der Waals surface area contributed by atoms with Gasteiger partial charge in [-0.3, -0.25) is 4.79 Å². The Balaban J connectivity index is 2.04. The SMILES string of the molecule is Cc1ccc(C#CCO)cc1C(=O)NCC1CCOC1C. The zero-order valence-electron chi connectivity index (χ0n) is 12.5. The Morgan fingerprint density at radius 2 is 2.33 bits per heavy atom. The van der Waals surface area contributed by atoms with E-state index >= 15 is 0 Å². The van der Waals surface area contributed by atoms with Gasteiger partial charge >= 0.3 is 0 Å². The Morgan fingerprint density at radius 1 is 1.52 bits per heavy atom. The van der Waals surface area contributed by atoms with Crippen LogP contribution in [0.1, 0.15) is 34.8 Å². The fourth-order valence-corrected chi connectivity index (χ4v) is 2.45. The van der Waals surface area contributed by atoms with Crippen molar-refractivity contribution in [3.63, 3.8) is 0 Å². The Bertz CT molecular complexity index is 571. The Hall–Kier alpha value is -1.83. The minimum absolute atomic E-state index is 0.0840. The molecule has 1 heterocycles. The van der Waals surface area contributed by atoms with Crippen LogP contribution in [0.5, 0.6) is 0 Å². The lowest BCUT2D eigenvalue weighted by molar-refractivity contribution is 0.0907. The average Bonchev–Trinajstić information content (AvgIpc) is 2.89. The van der Waals surface area contributed by atoms with Crippen molar-refractivity contribution in [1.82, 2.24) is 5.32 Å². The first-order chi connectivity index (χ1) is 10.1. The van der Waals surface area contributed by atoms with Crippen molar-refractivity contribution in [2.45, 2.75) is 26.4 Å². The van der Waals surface area contributed by atoms with Crippen LogP contribution in [0, 0.1) is 24.7 Å². The summed E-state index contributed by atoms with van der Waals surface area (Å²) in [6, 6.07) is 5.49. The molecule has 2 unspecified atom stereocenters. The minimum Gasteiger partial charge on any atom is -0.384 e. The van der Waals surface area contributed by atoms with E-state index in [9.17, 15) is 4.79 Å². The second kappa shape index (κ2) is 7.26. The van der Waals surface area contributed by atoms with E-state index in [1.165, 1.54) is 0 Å². The molecule has 1 aromatic rings. The van der Waals surface area contributed by atoms with Crippen LogP contribution in [0.2, 0.25) is 0 Å². The van der Waals surface area contributed by atoms with Gasteiger partial charge in [-0.05, 0) is 38.0 Å². The van der Waals surface area contributed by atoms with Gasteiger partial charge in [0.1, 0.15) is 6.61 Å². The van der Waals surface area contributed by atoms with Crippen LogP contribution in [0.25, 0.3) is 0 Å². The minimum atomic E-state index is -0.186. The molecule has 0 radical (unpaired) electrons. The molecule has 0 aliphatic carbocycles. The summed E-state index contributed by atoms with van der Waals surface area (Å²) in [6.07, 6.45) is 1.19. The van der Waals surface area contributed by atoms with Crippen LogP contribution in [0.4, 0.5) is 0 Å². The van der Waals surface area contributed by atoms with E-state index in [2.05, 4.69) is 17.2 Å². The van der Waals surface area contributed by atoms with Crippen molar-refractivity contribution in [2.24, 2.45) is 5.92 Å². The summed E-state index contributed by atoms with van der Waals surface area (Å²) >= 11 is 0. The number of ether oxygens (including phenoxy) is 1. The molecule has 1 amide bonds. The van der Waals surface area contributed by atoms with Crippen molar-refractivity contribution >= 4 is 5.91 Å². The highest BCUT2D eigenvalue weighted by molar-refractivity contribution is 5.96. The van der Waals surface area contributed by atoms with Crippen molar-refractivity contribution in [3.05, 3.63) is 34.9 Å². The number of aliphatic hydroxyl groups excluding tert-OH is 1. The van der Waals surface area contributed by atoms with Crippen molar-refractivity contribution < 1.29 is 14.6 Å². The van der Waals surface area contributed by atoms with Crippen LogP contribution in [-0.2, 0) is 4.74 Å². The molecule has 112 valence electrons. The standard InChI is InChI=1S/C17H21NO3/c1-12-5-6-14(4-3-8-19)10-16(12)17(20)18-11-15-7-9-21-13(15)2/h5-6,10,13,15,19H,7-9,11H2,1-2H3,(H,18,20). The molecule has 1 fully saturated rings. The summed E-state index contributed by atoms with van der Waals surface area (Å²) in [6.45, 7) is 5.16. The summed E-state index contributed by atoms with van der Waals surface area (Å²) in [5.41, 5.74) is 2.28. The maximum atomic E-state index is 12.3.